The van der Waals surface area contributed by atoms with Crippen molar-refractivity contribution in [3.05, 3.63) is 72.1 Å². The Morgan fingerprint density at radius 2 is 1.68 bits per heavy atom. The van der Waals surface area contributed by atoms with Crippen LogP contribution < -0.4 is 0 Å². The van der Waals surface area contributed by atoms with E-state index in [0.717, 1.165) is 11.1 Å². The largest absolute Gasteiger partial charge is 0.481 e. The van der Waals surface area contributed by atoms with E-state index in [2.05, 4.69) is 10.2 Å². The van der Waals surface area contributed by atoms with Gasteiger partial charge in [0.05, 0.1) is 5.41 Å². The van der Waals surface area contributed by atoms with Crippen LogP contribution in [-0.2, 0) is 10.2 Å². The van der Waals surface area contributed by atoms with E-state index in [9.17, 15) is 14.7 Å². The van der Waals surface area contributed by atoms with Gasteiger partial charge in [-0.2, -0.15) is 0 Å². The zero-order chi connectivity index (χ0) is 19.6. The smallest absolute Gasteiger partial charge is 0.314 e. The number of aliphatic carboxylic acids is 1. The zero-order valence-corrected chi connectivity index (χ0v) is 15.1. The van der Waals surface area contributed by atoms with E-state index in [1.54, 1.807) is 29.2 Å². The molecule has 3 aromatic rings. The number of carboxylic acids is 1. The van der Waals surface area contributed by atoms with Crippen molar-refractivity contribution in [1.29, 1.82) is 0 Å². The Kier molecular flexibility index (Phi) is 4.65. The van der Waals surface area contributed by atoms with E-state index in [1.807, 2.05) is 30.3 Å². The number of carbonyl (C=O) groups excluding carboxylic acids is 1. The van der Waals surface area contributed by atoms with E-state index in [-0.39, 0.29) is 5.91 Å². The number of amides is 1. The number of likely N-dealkylation sites (tertiary alicyclic amines) is 1. The molecular formula is C21H19N3O4. The van der Waals surface area contributed by atoms with Crippen molar-refractivity contribution in [1.82, 2.24) is 15.1 Å². The van der Waals surface area contributed by atoms with Crippen LogP contribution in [0.4, 0.5) is 0 Å². The molecule has 142 valence electrons. The van der Waals surface area contributed by atoms with Gasteiger partial charge >= 0.3 is 5.97 Å². The first-order valence-corrected chi connectivity index (χ1v) is 9.05. The second-order valence-corrected chi connectivity index (χ2v) is 6.87. The highest BCUT2D eigenvalue weighted by atomic mass is 16.4. The lowest BCUT2D eigenvalue weighted by molar-refractivity contribution is -0.145. The Bertz CT molecular complexity index is 961. The first kappa shape index (κ1) is 17.9. The average Bonchev–Trinajstić information content (AvgIpc) is 3.29. The predicted molar refractivity (Wildman–Crippen MR) is 101 cm³/mol. The summed E-state index contributed by atoms with van der Waals surface area (Å²) in [6.45, 7) is 0.789. The van der Waals surface area contributed by atoms with E-state index >= 15 is 0 Å². The van der Waals surface area contributed by atoms with Gasteiger partial charge in [0, 0.05) is 24.2 Å². The van der Waals surface area contributed by atoms with Gasteiger partial charge in [-0.15, -0.1) is 10.2 Å². The summed E-state index contributed by atoms with van der Waals surface area (Å²) in [5, 5.41) is 17.4. The van der Waals surface area contributed by atoms with Crippen LogP contribution in [0.3, 0.4) is 0 Å². The standard InChI is InChI=1S/C21H19N3O4/c25-19(16-8-6-15(7-9-16)18-23-22-14-28-18)24-12-10-21(11-13-24,20(26)27)17-4-2-1-3-5-17/h1-9,14H,10-13H2,(H,26,27). The van der Waals surface area contributed by atoms with Gasteiger partial charge in [-0.05, 0) is 42.7 Å². The first-order chi connectivity index (χ1) is 13.6. The van der Waals surface area contributed by atoms with Crippen molar-refractivity contribution in [2.24, 2.45) is 0 Å². The number of carboxylic acid groups (broad SMARTS) is 1. The maximum Gasteiger partial charge on any atom is 0.314 e. The van der Waals surface area contributed by atoms with Crippen LogP contribution in [-0.4, -0.2) is 45.2 Å². The molecular weight excluding hydrogens is 358 g/mol. The highest BCUT2D eigenvalue weighted by Crippen LogP contribution is 2.36. The fourth-order valence-electron chi connectivity index (χ4n) is 3.71. The molecule has 28 heavy (non-hydrogen) atoms. The van der Waals surface area contributed by atoms with Crippen molar-refractivity contribution in [3.8, 4) is 11.5 Å². The Balaban J connectivity index is 1.48. The highest BCUT2D eigenvalue weighted by molar-refractivity contribution is 5.95. The van der Waals surface area contributed by atoms with E-state index in [0.29, 0.717) is 37.4 Å². The molecule has 2 aromatic carbocycles. The van der Waals surface area contributed by atoms with Gasteiger partial charge in [0.15, 0.2) is 0 Å². The fourth-order valence-corrected chi connectivity index (χ4v) is 3.71. The average molecular weight is 377 g/mol. The van der Waals surface area contributed by atoms with Gasteiger partial charge in [-0.1, -0.05) is 30.3 Å². The summed E-state index contributed by atoms with van der Waals surface area (Å²) in [6, 6.07) is 16.2. The molecule has 2 heterocycles. The zero-order valence-electron chi connectivity index (χ0n) is 15.1. The SMILES string of the molecule is O=C(c1ccc(-c2nnco2)cc1)N1CCC(C(=O)O)(c2ccccc2)CC1. The summed E-state index contributed by atoms with van der Waals surface area (Å²) in [4.78, 5) is 26.6. The molecule has 1 amide bonds. The lowest BCUT2D eigenvalue weighted by Gasteiger charge is -2.39. The van der Waals surface area contributed by atoms with E-state index in [1.165, 1.54) is 6.39 Å². The number of nitrogens with zero attached hydrogens (tertiary/aromatic N) is 3. The predicted octanol–water partition coefficient (Wildman–Crippen LogP) is 3.00. The monoisotopic (exact) mass is 377 g/mol. The number of benzene rings is 2. The molecule has 1 N–H and O–H groups in total. The van der Waals surface area contributed by atoms with Crippen LogP contribution in [0.5, 0.6) is 0 Å². The lowest BCUT2D eigenvalue weighted by Crippen LogP contribution is -2.49. The quantitative estimate of drug-likeness (QED) is 0.751. The van der Waals surface area contributed by atoms with E-state index < -0.39 is 11.4 Å². The minimum atomic E-state index is -0.945. The number of hydrogen-bond acceptors (Lipinski definition) is 5. The molecule has 1 fully saturated rings. The van der Waals surface area contributed by atoms with Crippen molar-refractivity contribution in [2.75, 3.05) is 13.1 Å². The van der Waals surface area contributed by atoms with Gasteiger partial charge < -0.3 is 14.4 Å². The molecule has 1 saturated heterocycles. The molecule has 1 aromatic heterocycles. The summed E-state index contributed by atoms with van der Waals surface area (Å²) in [6.07, 6.45) is 2.03. The van der Waals surface area contributed by atoms with Crippen LogP contribution in [0.2, 0.25) is 0 Å². The molecule has 0 aliphatic carbocycles. The summed E-state index contributed by atoms with van der Waals surface area (Å²) >= 11 is 0. The minimum absolute atomic E-state index is 0.107. The van der Waals surface area contributed by atoms with Crippen molar-refractivity contribution >= 4 is 11.9 Å². The topological polar surface area (TPSA) is 96.5 Å². The number of hydrogen-bond donors (Lipinski definition) is 1. The Morgan fingerprint density at radius 1 is 1.00 bits per heavy atom. The van der Waals surface area contributed by atoms with Crippen molar-refractivity contribution in [2.45, 2.75) is 18.3 Å². The third kappa shape index (κ3) is 3.15. The molecule has 7 nitrogen and oxygen atoms in total. The molecule has 0 bridgehead atoms. The lowest BCUT2D eigenvalue weighted by atomic mass is 9.73. The molecule has 4 rings (SSSR count). The third-order valence-electron chi connectivity index (χ3n) is 5.38. The fraction of sp³-hybridized carbons (Fsp3) is 0.238. The number of piperidine rings is 1. The second-order valence-electron chi connectivity index (χ2n) is 6.87. The minimum Gasteiger partial charge on any atom is -0.481 e. The van der Waals surface area contributed by atoms with Gasteiger partial charge in [-0.3, -0.25) is 9.59 Å². The summed E-state index contributed by atoms with van der Waals surface area (Å²) < 4.78 is 5.15. The van der Waals surface area contributed by atoms with Gasteiger partial charge in [0.1, 0.15) is 0 Å². The van der Waals surface area contributed by atoms with Gasteiger partial charge in [-0.25, -0.2) is 0 Å². The Morgan fingerprint density at radius 3 is 2.25 bits per heavy atom. The number of rotatable bonds is 4. The third-order valence-corrected chi connectivity index (χ3v) is 5.38. The van der Waals surface area contributed by atoms with Crippen LogP contribution >= 0.6 is 0 Å². The van der Waals surface area contributed by atoms with E-state index in [4.69, 9.17) is 4.42 Å². The molecule has 1 aliphatic heterocycles. The van der Waals surface area contributed by atoms with Crippen LogP contribution in [0.1, 0.15) is 28.8 Å². The number of carbonyl (C=O) groups is 2. The maximum absolute atomic E-state index is 12.8. The van der Waals surface area contributed by atoms with Crippen molar-refractivity contribution < 1.29 is 19.1 Å². The molecule has 1 aliphatic rings. The summed E-state index contributed by atoms with van der Waals surface area (Å²) in [5.41, 5.74) is 1.13. The molecule has 7 heteroatoms. The highest BCUT2D eigenvalue weighted by Gasteiger charge is 2.43. The van der Waals surface area contributed by atoms with Crippen molar-refractivity contribution in [3.63, 3.8) is 0 Å². The molecule has 0 spiro atoms. The maximum atomic E-state index is 12.8. The van der Waals surface area contributed by atoms with Crippen LogP contribution in [0.15, 0.2) is 65.4 Å². The van der Waals surface area contributed by atoms with Gasteiger partial charge in [0.2, 0.25) is 12.3 Å². The second kappa shape index (κ2) is 7.26. The number of aromatic nitrogens is 2. The van der Waals surface area contributed by atoms with Crippen LogP contribution in [0.25, 0.3) is 11.5 Å². The normalized spacial score (nSPS) is 15.9. The molecule has 0 atom stereocenters. The Hall–Kier alpha value is -3.48. The molecule has 0 radical (unpaired) electrons. The van der Waals surface area contributed by atoms with Crippen LogP contribution in [0, 0.1) is 0 Å². The summed E-state index contributed by atoms with van der Waals surface area (Å²) in [5.74, 6) is -0.551. The Labute approximate surface area is 161 Å². The molecule has 0 unspecified atom stereocenters. The summed E-state index contributed by atoms with van der Waals surface area (Å²) in [7, 11) is 0. The van der Waals surface area contributed by atoms with Gasteiger partial charge in [0.25, 0.3) is 5.91 Å². The first-order valence-electron chi connectivity index (χ1n) is 9.05. The molecule has 0 saturated carbocycles.